The van der Waals surface area contributed by atoms with E-state index in [0.29, 0.717) is 6.54 Å². The van der Waals surface area contributed by atoms with Gasteiger partial charge in [0, 0.05) is 6.42 Å². The van der Waals surface area contributed by atoms with Crippen LogP contribution in [0.3, 0.4) is 0 Å². The van der Waals surface area contributed by atoms with Gasteiger partial charge >= 0.3 is 0 Å². The molecule has 5 nitrogen and oxygen atoms in total. The van der Waals surface area contributed by atoms with Crippen LogP contribution in [0, 0.1) is 0 Å². The topological polar surface area (TPSA) is 80.5 Å². The van der Waals surface area contributed by atoms with Crippen molar-refractivity contribution in [2.75, 3.05) is 6.54 Å². The number of tetrazole rings is 1. The minimum absolute atomic E-state index is 0.675. The number of hydrogen-bond donors (Lipinski definition) is 2. The summed E-state index contributed by atoms with van der Waals surface area (Å²) in [4.78, 5) is 0. The normalized spacial score (nSPS) is 9.89. The van der Waals surface area contributed by atoms with Gasteiger partial charge in [0.15, 0.2) is 5.82 Å². The molecular formula is C4H9N5. The van der Waals surface area contributed by atoms with E-state index in [9.17, 15) is 0 Å². The lowest BCUT2D eigenvalue weighted by Gasteiger charge is -1.86. The Morgan fingerprint density at radius 2 is 2.44 bits per heavy atom. The molecule has 0 unspecified atom stereocenters. The van der Waals surface area contributed by atoms with Crippen molar-refractivity contribution in [3.8, 4) is 0 Å². The lowest BCUT2D eigenvalue weighted by atomic mass is 10.3. The maximum absolute atomic E-state index is 5.26. The molecule has 0 aliphatic heterocycles. The van der Waals surface area contributed by atoms with Gasteiger partial charge in [-0.3, -0.25) is 0 Å². The standard InChI is InChI=1S/C4H9N5/c5-3-1-2-4-6-8-9-7-4/h1-3,5H2,(H,6,7,8,9). The van der Waals surface area contributed by atoms with E-state index in [1.165, 1.54) is 0 Å². The van der Waals surface area contributed by atoms with Gasteiger partial charge in [-0.25, -0.2) is 0 Å². The summed E-state index contributed by atoms with van der Waals surface area (Å²) in [6.45, 7) is 0.675. The quantitative estimate of drug-likeness (QED) is 0.551. The van der Waals surface area contributed by atoms with E-state index >= 15 is 0 Å². The molecule has 0 spiro atoms. The van der Waals surface area contributed by atoms with Gasteiger partial charge in [0.2, 0.25) is 0 Å². The molecule has 1 aromatic rings. The monoisotopic (exact) mass is 127 g/mol. The largest absolute Gasteiger partial charge is 0.330 e. The maximum Gasteiger partial charge on any atom is 0.174 e. The van der Waals surface area contributed by atoms with Crippen LogP contribution in [0.15, 0.2) is 0 Å². The minimum atomic E-state index is 0.675. The number of H-pyrrole nitrogens is 1. The Hall–Kier alpha value is -0.970. The van der Waals surface area contributed by atoms with Gasteiger partial charge in [0.05, 0.1) is 0 Å². The molecule has 5 heteroatoms. The van der Waals surface area contributed by atoms with Crippen LogP contribution in [0.1, 0.15) is 12.2 Å². The Morgan fingerprint density at radius 1 is 1.56 bits per heavy atom. The highest BCUT2D eigenvalue weighted by Crippen LogP contribution is 1.87. The zero-order valence-electron chi connectivity index (χ0n) is 5.04. The van der Waals surface area contributed by atoms with Crippen LogP contribution in [-0.4, -0.2) is 27.2 Å². The van der Waals surface area contributed by atoms with Crippen LogP contribution < -0.4 is 5.73 Å². The summed E-state index contributed by atoms with van der Waals surface area (Å²) in [5, 5.41) is 13.3. The average molecular weight is 127 g/mol. The fourth-order valence-corrected chi connectivity index (χ4v) is 0.549. The van der Waals surface area contributed by atoms with Gasteiger partial charge in [0.25, 0.3) is 0 Å². The molecule has 0 bridgehead atoms. The number of nitrogens with one attached hydrogen (secondary N) is 1. The van der Waals surface area contributed by atoms with Crippen molar-refractivity contribution in [2.45, 2.75) is 12.8 Å². The van der Waals surface area contributed by atoms with Crippen molar-refractivity contribution in [1.82, 2.24) is 20.6 Å². The molecule has 9 heavy (non-hydrogen) atoms. The molecular weight excluding hydrogens is 118 g/mol. The van der Waals surface area contributed by atoms with E-state index in [0.717, 1.165) is 18.7 Å². The number of nitrogens with zero attached hydrogens (tertiary/aromatic N) is 3. The molecule has 0 aromatic carbocycles. The van der Waals surface area contributed by atoms with Gasteiger partial charge in [-0.05, 0) is 13.0 Å². The van der Waals surface area contributed by atoms with Crippen molar-refractivity contribution >= 4 is 0 Å². The van der Waals surface area contributed by atoms with Crippen molar-refractivity contribution in [3.05, 3.63) is 5.82 Å². The fourth-order valence-electron chi connectivity index (χ4n) is 0.549. The first-order valence-corrected chi connectivity index (χ1v) is 2.86. The zero-order chi connectivity index (χ0) is 6.53. The summed E-state index contributed by atoms with van der Waals surface area (Å²) in [6.07, 6.45) is 1.73. The van der Waals surface area contributed by atoms with E-state index in [1.807, 2.05) is 0 Å². The highest BCUT2D eigenvalue weighted by molar-refractivity contribution is 4.74. The number of aromatic amines is 1. The first-order valence-electron chi connectivity index (χ1n) is 2.86. The summed E-state index contributed by atoms with van der Waals surface area (Å²) in [5.74, 6) is 0.737. The van der Waals surface area contributed by atoms with E-state index < -0.39 is 0 Å². The van der Waals surface area contributed by atoms with Crippen LogP contribution in [0.4, 0.5) is 0 Å². The third-order valence-corrected chi connectivity index (χ3v) is 0.994. The van der Waals surface area contributed by atoms with E-state index in [2.05, 4.69) is 20.6 Å². The second-order valence-electron chi connectivity index (χ2n) is 1.72. The molecule has 3 N–H and O–H groups in total. The van der Waals surface area contributed by atoms with E-state index in [4.69, 9.17) is 5.73 Å². The van der Waals surface area contributed by atoms with Gasteiger partial charge < -0.3 is 5.73 Å². The summed E-state index contributed by atoms with van der Waals surface area (Å²) < 4.78 is 0. The molecule has 0 fully saturated rings. The summed E-state index contributed by atoms with van der Waals surface area (Å²) in [5.41, 5.74) is 5.26. The molecule has 0 saturated heterocycles. The summed E-state index contributed by atoms with van der Waals surface area (Å²) in [7, 11) is 0. The lowest BCUT2D eigenvalue weighted by Crippen LogP contribution is -2.01. The van der Waals surface area contributed by atoms with E-state index in [-0.39, 0.29) is 0 Å². The smallest absolute Gasteiger partial charge is 0.174 e. The molecule has 1 heterocycles. The van der Waals surface area contributed by atoms with Crippen LogP contribution in [0.2, 0.25) is 0 Å². The Morgan fingerprint density at radius 3 is 3.00 bits per heavy atom. The summed E-state index contributed by atoms with van der Waals surface area (Å²) in [6, 6.07) is 0. The molecule has 0 amide bonds. The molecule has 50 valence electrons. The third-order valence-electron chi connectivity index (χ3n) is 0.994. The minimum Gasteiger partial charge on any atom is -0.330 e. The first kappa shape index (κ1) is 6.15. The number of aromatic nitrogens is 4. The molecule has 1 rings (SSSR count). The molecule has 0 aliphatic rings. The van der Waals surface area contributed by atoms with Crippen molar-refractivity contribution in [1.29, 1.82) is 0 Å². The average Bonchev–Trinajstić information content (AvgIpc) is 2.34. The fraction of sp³-hybridized carbons (Fsp3) is 0.750. The lowest BCUT2D eigenvalue weighted by molar-refractivity contribution is 0.783. The molecule has 0 saturated carbocycles. The third kappa shape index (κ3) is 1.77. The SMILES string of the molecule is NCCCc1nn[nH]n1. The Balaban J connectivity index is 2.30. The van der Waals surface area contributed by atoms with Crippen LogP contribution in [0.25, 0.3) is 0 Å². The second kappa shape index (κ2) is 3.13. The summed E-state index contributed by atoms with van der Waals surface area (Å²) >= 11 is 0. The van der Waals surface area contributed by atoms with Crippen LogP contribution >= 0.6 is 0 Å². The van der Waals surface area contributed by atoms with Gasteiger partial charge in [-0.15, -0.1) is 10.2 Å². The number of nitrogens with two attached hydrogens (primary N) is 1. The van der Waals surface area contributed by atoms with Crippen molar-refractivity contribution in [2.24, 2.45) is 5.73 Å². The second-order valence-corrected chi connectivity index (χ2v) is 1.72. The van der Waals surface area contributed by atoms with Crippen LogP contribution in [0.5, 0.6) is 0 Å². The predicted molar refractivity (Wildman–Crippen MR) is 31.6 cm³/mol. The highest BCUT2D eigenvalue weighted by Gasteiger charge is 1.93. The molecule has 0 radical (unpaired) electrons. The van der Waals surface area contributed by atoms with Gasteiger partial charge in [0.1, 0.15) is 0 Å². The Labute approximate surface area is 52.6 Å². The maximum atomic E-state index is 5.26. The van der Waals surface area contributed by atoms with Crippen LogP contribution in [-0.2, 0) is 6.42 Å². The van der Waals surface area contributed by atoms with Gasteiger partial charge in [-0.2, -0.15) is 5.21 Å². The predicted octanol–water partition coefficient (Wildman–Crippen LogP) is -0.909. The molecule has 1 aromatic heterocycles. The zero-order valence-corrected chi connectivity index (χ0v) is 5.04. The van der Waals surface area contributed by atoms with E-state index in [1.54, 1.807) is 0 Å². The highest BCUT2D eigenvalue weighted by atomic mass is 15.5. The number of aryl methyl sites for hydroxylation is 1. The first-order chi connectivity index (χ1) is 4.43. The number of rotatable bonds is 3. The Kier molecular flexibility index (Phi) is 2.14. The molecule has 0 aliphatic carbocycles. The number of hydrogen-bond acceptors (Lipinski definition) is 4. The van der Waals surface area contributed by atoms with Crippen molar-refractivity contribution < 1.29 is 0 Å². The van der Waals surface area contributed by atoms with Gasteiger partial charge in [-0.1, -0.05) is 5.21 Å². The van der Waals surface area contributed by atoms with Crippen molar-refractivity contribution in [3.63, 3.8) is 0 Å². The Bertz CT molecular complexity index is 146. The molecule has 0 atom stereocenters.